The highest BCUT2D eigenvalue weighted by atomic mass is 32.2. The standard InChI is InChI=1S/C14H14N2OS/c1-16-9-11-4-5-14(12(7-11)8-15)18-10-13-3-2-6-17-13/h2-7,16H,9-10H2,1H3. The van der Waals surface area contributed by atoms with Gasteiger partial charge in [0.1, 0.15) is 11.8 Å². The first-order valence-corrected chi connectivity index (χ1v) is 6.65. The zero-order valence-electron chi connectivity index (χ0n) is 10.1. The molecule has 4 heteroatoms. The summed E-state index contributed by atoms with van der Waals surface area (Å²) in [6, 6.07) is 12.0. The van der Waals surface area contributed by atoms with Gasteiger partial charge in [0.15, 0.2) is 0 Å². The van der Waals surface area contributed by atoms with Gasteiger partial charge in [-0.15, -0.1) is 11.8 Å². The lowest BCUT2D eigenvalue weighted by atomic mass is 10.1. The Hall–Kier alpha value is -1.70. The molecule has 0 aliphatic rings. The van der Waals surface area contributed by atoms with Crippen LogP contribution in [0.25, 0.3) is 0 Å². The van der Waals surface area contributed by atoms with Crippen LogP contribution in [0, 0.1) is 11.3 Å². The summed E-state index contributed by atoms with van der Waals surface area (Å²) in [5.74, 6) is 1.66. The first-order chi connectivity index (χ1) is 8.83. The number of hydrogen-bond donors (Lipinski definition) is 1. The van der Waals surface area contributed by atoms with Gasteiger partial charge in [0, 0.05) is 11.4 Å². The van der Waals surface area contributed by atoms with Crippen LogP contribution in [-0.4, -0.2) is 7.05 Å². The largest absolute Gasteiger partial charge is 0.468 e. The van der Waals surface area contributed by atoms with Crippen LogP contribution in [0.1, 0.15) is 16.9 Å². The van der Waals surface area contributed by atoms with Crippen molar-refractivity contribution in [3.05, 3.63) is 53.5 Å². The van der Waals surface area contributed by atoms with Crippen LogP contribution < -0.4 is 5.32 Å². The molecule has 0 unspecified atom stereocenters. The maximum atomic E-state index is 9.16. The molecule has 0 radical (unpaired) electrons. The van der Waals surface area contributed by atoms with E-state index in [0.717, 1.165) is 34.1 Å². The Morgan fingerprint density at radius 1 is 1.39 bits per heavy atom. The first kappa shape index (κ1) is 12.7. The lowest BCUT2D eigenvalue weighted by molar-refractivity contribution is 0.530. The van der Waals surface area contributed by atoms with Crippen LogP contribution in [0.4, 0.5) is 0 Å². The fourth-order valence-electron chi connectivity index (χ4n) is 1.65. The topological polar surface area (TPSA) is 49.0 Å². The highest BCUT2D eigenvalue weighted by Crippen LogP contribution is 2.27. The van der Waals surface area contributed by atoms with E-state index in [-0.39, 0.29) is 0 Å². The third-order valence-electron chi connectivity index (χ3n) is 2.50. The maximum Gasteiger partial charge on any atom is 0.113 e. The fraction of sp³-hybridized carbons (Fsp3) is 0.214. The van der Waals surface area contributed by atoms with Gasteiger partial charge >= 0.3 is 0 Å². The molecule has 1 aromatic carbocycles. The minimum Gasteiger partial charge on any atom is -0.468 e. The number of rotatable bonds is 5. The summed E-state index contributed by atoms with van der Waals surface area (Å²) >= 11 is 1.62. The summed E-state index contributed by atoms with van der Waals surface area (Å²) < 4.78 is 5.28. The van der Waals surface area contributed by atoms with Gasteiger partial charge in [-0.1, -0.05) is 6.07 Å². The molecule has 0 bridgehead atoms. The normalized spacial score (nSPS) is 10.2. The van der Waals surface area contributed by atoms with E-state index < -0.39 is 0 Å². The molecular formula is C14H14N2OS. The van der Waals surface area contributed by atoms with Crippen molar-refractivity contribution < 1.29 is 4.42 Å². The summed E-state index contributed by atoms with van der Waals surface area (Å²) in [6.07, 6.45) is 1.66. The summed E-state index contributed by atoms with van der Waals surface area (Å²) in [6.45, 7) is 0.776. The second-order valence-corrected chi connectivity index (χ2v) is 4.86. The van der Waals surface area contributed by atoms with E-state index in [2.05, 4.69) is 11.4 Å². The molecule has 0 amide bonds. The van der Waals surface area contributed by atoms with Crippen LogP contribution in [-0.2, 0) is 12.3 Å². The van der Waals surface area contributed by atoms with E-state index in [9.17, 15) is 0 Å². The van der Waals surface area contributed by atoms with Gasteiger partial charge in [0.2, 0.25) is 0 Å². The molecule has 1 N–H and O–H groups in total. The molecule has 0 atom stereocenters. The van der Waals surface area contributed by atoms with E-state index in [0.29, 0.717) is 0 Å². The van der Waals surface area contributed by atoms with Crippen molar-refractivity contribution in [1.29, 1.82) is 5.26 Å². The van der Waals surface area contributed by atoms with E-state index in [1.807, 2.05) is 37.4 Å². The van der Waals surface area contributed by atoms with Gasteiger partial charge in [-0.2, -0.15) is 5.26 Å². The molecule has 0 aliphatic carbocycles. The van der Waals surface area contributed by atoms with E-state index >= 15 is 0 Å². The SMILES string of the molecule is CNCc1ccc(SCc2ccco2)c(C#N)c1. The highest BCUT2D eigenvalue weighted by molar-refractivity contribution is 7.98. The third kappa shape index (κ3) is 3.16. The number of hydrogen-bond acceptors (Lipinski definition) is 4. The molecule has 18 heavy (non-hydrogen) atoms. The van der Waals surface area contributed by atoms with Crippen molar-refractivity contribution in [2.45, 2.75) is 17.2 Å². The van der Waals surface area contributed by atoms with Gasteiger partial charge in [-0.25, -0.2) is 0 Å². The lowest BCUT2D eigenvalue weighted by Gasteiger charge is -2.05. The zero-order valence-corrected chi connectivity index (χ0v) is 11.0. The van der Waals surface area contributed by atoms with Gasteiger partial charge in [-0.3, -0.25) is 0 Å². The Morgan fingerprint density at radius 3 is 2.94 bits per heavy atom. The van der Waals surface area contributed by atoms with E-state index in [1.165, 1.54) is 0 Å². The molecule has 2 aromatic rings. The van der Waals surface area contributed by atoms with Crippen molar-refractivity contribution >= 4 is 11.8 Å². The smallest absolute Gasteiger partial charge is 0.113 e. The Labute approximate surface area is 111 Å². The highest BCUT2D eigenvalue weighted by Gasteiger charge is 2.05. The second kappa shape index (κ2) is 6.29. The molecule has 0 aliphatic heterocycles. The van der Waals surface area contributed by atoms with Crippen molar-refractivity contribution in [3.8, 4) is 6.07 Å². The van der Waals surface area contributed by atoms with Crippen LogP contribution in [0.15, 0.2) is 45.9 Å². The van der Waals surface area contributed by atoms with Crippen LogP contribution in [0.5, 0.6) is 0 Å². The van der Waals surface area contributed by atoms with Crippen molar-refractivity contribution in [2.24, 2.45) is 0 Å². The quantitative estimate of drug-likeness (QED) is 0.837. The summed E-state index contributed by atoms with van der Waals surface area (Å²) in [5, 5.41) is 12.2. The van der Waals surface area contributed by atoms with Crippen molar-refractivity contribution in [2.75, 3.05) is 7.05 Å². The van der Waals surface area contributed by atoms with Crippen LogP contribution in [0.3, 0.4) is 0 Å². The fourth-order valence-corrected chi connectivity index (χ4v) is 2.53. The Kier molecular flexibility index (Phi) is 4.46. The number of furan rings is 1. The van der Waals surface area contributed by atoms with E-state index in [4.69, 9.17) is 9.68 Å². The van der Waals surface area contributed by atoms with Gasteiger partial charge < -0.3 is 9.73 Å². The molecule has 0 saturated carbocycles. The summed E-state index contributed by atoms with van der Waals surface area (Å²) in [7, 11) is 1.89. The predicted octanol–water partition coefficient (Wildman–Crippen LogP) is 3.16. The minimum absolute atomic E-state index is 0.722. The minimum atomic E-state index is 0.722. The van der Waals surface area contributed by atoms with Gasteiger partial charge in [0.05, 0.1) is 17.6 Å². The van der Waals surface area contributed by atoms with Crippen LogP contribution in [0.2, 0.25) is 0 Å². The average molecular weight is 258 g/mol. The van der Waals surface area contributed by atoms with Gasteiger partial charge in [0.25, 0.3) is 0 Å². The molecule has 1 aromatic heterocycles. The molecule has 2 rings (SSSR count). The van der Waals surface area contributed by atoms with E-state index in [1.54, 1.807) is 18.0 Å². The molecular weight excluding hydrogens is 244 g/mol. The molecule has 92 valence electrons. The number of thioether (sulfide) groups is 1. The van der Waals surface area contributed by atoms with Crippen molar-refractivity contribution in [1.82, 2.24) is 5.32 Å². The predicted molar refractivity (Wildman–Crippen MR) is 72.2 cm³/mol. The number of nitrogens with one attached hydrogen (secondary N) is 1. The summed E-state index contributed by atoms with van der Waals surface area (Å²) in [5.41, 5.74) is 1.84. The monoisotopic (exact) mass is 258 g/mol. The molecule has 0 spiro atoms. The molecule has 0 fully saturated rings. The third-order valence-corrected chi connectivity index (χ3v) is 3.59. The Morgan fingerprint density at radius 2 is 2.28 bits per heavy atom. The maximum absolute atomic E-state index is 9.16. The van der Waals surface area contributed by atoms with Gasteiger partial charge in [-0.05, 0) is 36.9 Å². The summed E-state index contributed by atoms with van der Waals surface area (Å²) in [4.78, 5) is 0.994. The molecule has 3 nitrogen and oxygen atoms in total. The lowest BCUT2D eigenvalue weighted by Crippen LogP contribution is -2.05. The van der Waals surface area contributed by atoms with Crippen molar-refractivity contribution in [3.63, 3.8) is 0 Å². The average Bonchev–Trinajstić information content (AvgIpc) is 2.90. The Balaban J connectivity index is 2.10. The Bertz CT molecular complexity index is 543. The number of benzene rings is 1. The number of nitrogens with zero attached hydrogens (tertiary/aromatic N) is 1. The molecule has 0 saturated heterocycles. The first-order valence-electron chi connectivity index (χ1n) is 5.66. The second-order valence-electron chi connectivity index (χ2n) is 3.84. The number of nitriles is 1. The molecule has 1 heterocycles. The van der Waals surface area contributed by atoms with Crippen LogP contribution >= 0.6 is 11.8 Å². The zero-order chi connectivity index (χ0) is 12.8.